The molecule has 0 saturated carbocycles. The predicted molar refractivity (Wildman–Crippen MR) is 247 cm³/mol. The van der Waals surface area contributed by atoms with Crippen LogP contribution in [0, 0.1) is 0 Å². The van der Waals surface area contributed by atoms with Crippen LogP contribution in [0.3, 0.4) is 0 Å². The Balaban J connectivity index is 1.42. The smallest absolute Gasteiger partial charge is 0.250 e. The fourth-order valence-corrected chi connectivity index (χ4v) is 9.10. The summed E-state index contributed by atoms with van der Waals surface area (Å²) >= 11 is 0. The third-order valence-electron chi connectivity index (χ3n) is 12.7. The zero-order valence-electron chi connectivity index (χ0n) is 36.1. The molecule has 6 aromatic carbocycles. The van der Waals surface area contributed by atoms with Crippen LogP contribution in [0.5, 0.6) is 17.2 Å². The van der Waals surface area contributed by atoms with Crippen molar-refractivity contribution in [3.8, 4) is 17.2 Å². The minimum atomic E-state index is -1.96. The van der Waals surface area contributed by atoms with E-state index in [2.05, 4.69) is 216 Å². The molecule has 0 heterocycles. The van der Waals surface area contributed by atoms with E-state index in [0.717, 1.165) is 34.3 Å². The predicted octanol–water partition coefficient (Wildman–Crippen LogP) is 15.8. The van der Waals surface area contributed by atoms with Crippen molar-refractivity contribution in [1.82, 2.24) is 0 Å². The minimum Gasteiger partial charge on any atom is -0.543 e. The van der Waals surface area contributed by atoms with E-state index in [0.29, 0.717) is 0 Å². The van der Waals surface area contributed by atoms with Gasteiger partial charge in [0.05, 0.1) is 0 Å². The molecule has 290 valence electrons. The molecule has 6 aromatic rings. The second-order valence-electron chi connectivity index (χ2n) is 20.0. The second kappa shape index (κ2) is 14.2. The van der Waals surface area contributed by atoms with E-state index in [1.807, 2.05) is 0 Å². The Hall–Kier alpha value is -4.05. The monoisotopic (exact) mass is 785 g/mol. The molecule has 0 spiro atoms. The summed E-state index contributed by atoms with van der Waals surface area (Å²) in [6.45, 7) is 34.4. The van der Waals surface area contributed by atoms with E-state index >= 15 is 0 Å². The molecule has 7 heteroatoms. The van der Waals surface area contributed by atoms with Gasteiger partial charge in [-0.15, -0.1) is 0 Å². The van der Waals surface area contributed by atoms with Gasteiger partial charge in [0, 0.05) is 17.1 Å². The highest BCUT2D eigenvalue weighted by molar-refractivity contribution is 6.75. The van der Waals surface area contributed by atoms with Crippen LogP contribution in [-0.4, -0.2) is 25.0 Å². The molecule has 4 nitrogen and oxygen atoms in total. The molecular weight excluding hydrogens is 723 g/mol. The molecule has 0 bridgehead atoms. The van der Waals surface area contributed by atoms with Gasteiger partial charge in [-0.25, -0.2) is 0 Å². The standard InChI is InChI=1S/C48H63NO3Si3/c1-46(2,3)53(10,11)50-43-25-19-34-28-40(22-16-37(34)31-43)49(41-23-17-38-32-44(26-20-35(38)29-41)51-54(12,13)47(4,5)6)42-24-18-39-33-45(27-21-36(39)30-42)52-55(14,15)48(7,8)9/h16-33H,1-15H3. The molecular formula is C48H63NO3Si3. The molecule has 0 aliphatic carbocycles. The number of nitrogens with zero attached hydrogens (tertiary/aromatic N) is 1. The molecule has 55 heavy (non-hydrogen) atoms. The SMILES string of the molecule is CC(C)(C)[Si](C)(C)Oc1ccc2cc(N(c3ccc4cc(O[Si](C)(C)C(C)(C)C)ccc4c3)c3ccc4cc(O[Si](C)(C)C(C)(C)C)ccc4c3)ccc2c1. The zero-order chi connectivity index (χ0) is 40.4. The lowest BCUT2D eigenvalue weighted by Gasteiger charge is -2.36. The largest absolute Gasteiger partial charge is 0.543 e. The highest BCUT2D eigenvalue weighted by Crippen LogP contribution is 2.43. The van der Waals surface area contributed by atoms with Crippen molar-refractivity contribution < 1.29 is 13.3 Å². The number of rotatable bonds is 9. The van der Waals surface area contributed by atoms with Crippen LogP contribution in [0.2, 0.25) is 54.4 Å². The zero-order valence-corrected chi connectivity index (χ0v) is 39.1. The Bertz CT molecular complexity index is 2100. The first-order valence-electron chi connectivity index (χ1n) is 19.8. The van der Waals surface area contributed by atoms with Crippen LogP contribution in [-0.2, 0) is 0 Å². The van der Waals surface area contributed by atoms with Gasteiger partial charge in [-0.2, -0.15) is 0 Å². The van der Waals surface area contributed by atoms with Crippen molar-refractivity contribution in [3.05, 3.63) is 109 Å². The maximum atomic E-state index is 6.69. The summed E-state index contributed by atoms with van der Waals surface area (Å²) in [5.41, 5.74) is 3.29. The maximum Gasteiger partial charge on any atom is 0.250 e. The number of hydrogen-bond donors (Lipinski definition) is 0. The van der Waals surface area contributed by atoms with E-state index in [1.165, 1.54) is 32.3 Å². The fourth-order valence-electron chi connectivity index (χ4n) is 6.03. The number of hydrogen-bond acceptors (Lipinski definition) is 4. The third-order valence-corrected chi connectivity index (χ3v) is 25.8. The lowest BCUT2D eigenvalue weighted by molar-refractivity contribution is 0.492. The summed E-state index contributed by atoms with van der Waals surface area (Å²) < 4.78 is 20.1. The summed E-state index contributed by atoms with van der Waals surface area (Å²) in [6.07, 6.45) is 0. The number of fused-ring (bicyclic) bond motifs is 3. The van der Waals surface area contributed by atoms with Crippen molar-refractivity contribution in [2.45, 2.75) is 117 Å². The molecule has 0 unspecified atom stereocenters. The number of anilines is 3. The van der Waals surface area contributed by atoms with Gasteiger partial charge in [-0.05, 0) is 160 Å². The summed E-state index contributed by atoms with van der Waals surface area (Å²) in [5.74, 6) is 2.84. The van der Waals surface area contributed by atoms with E-state index in [4.69, 9.17) is 13.3 Å². The molecule has 0 aliphatic heterocycles. The topological polar surface area (TPSA) is 30.9 Å². The Labute approximate surface area is 334 Å². The average Bonchev–Trinajstić information content (AvgIpc) is 3.06. The van der Waals surface area contributed by atoms with Crippen LogP contribution in [0.4, 0.5) is 17.1 Å². The Morgan fingerprint density at radius 3 is 0.782 bits per heavy atom. The van der Waals surface area contributed by atoms with Crippen molar-refractivity contribution in [2.24, 2.45) is 0 Å². The first-order chi connectivity index (χ1) is 25.3. The van der Waals surface area contributed by atoms with Gasteiger partial charge >= 0.3 is 0 Å². The second-order valence-corrected chi connectivity index (χ2v) is 34.2. The highest BCUT2D eigenvalue weighted by atomic mass is 28.4. The van der Waals surface area contributed by atoms with Crippen LogP contribution in [0.25, 0.3) is 32.3 Å². The highest BCUT2D eigenvalue weighted by Gasteiger charge is 2.40. The first kappa shape index (κ1) is 40.6. The van der Waals surface area contributed by atoms with Gasteiger partial charge in [0.25, 0.3) is 0 Å². The average molecular weight is 786 g/mol. The summed E-state index contributed by atoms with van der Waals surface area (Å²) in [7, 11) is -5.89. The van der Waals surface area contributed by atoms with Gasteiger partial charge < -0.3 is 18.2 Å². The molecule has 0 aliphatic rings. The van der Waals surface area contributed by atoms with Gasteiger partial charge in [-0.3, -0.25) is 0 Å². The van der Waals surface area contributed by atoms with E-state index in [9.17, 15) is 0 Å². The van der Waals surface area contributed by atoms with E-state index < -0.39 is 25.0 Å². The van der Waals surface area contributed by atoms with Gasteiger partial charge in [0.15, 0.2) is 0 Å². The Kier molecular flexibility index (Phi) is 10.5. The lowest BCUT2D eigenvalue weighted by Crippen LogP contribution is -2.43. The molecule has 0 saturated heterocycles. The summed E-state index contributed by atoms with van der Waals surface area (Å²) in [5, 5.41) is 7.41. The number of benzene rings is 6. The molecule has 0 atom stereocenters. The Morgan fingerprint density at radius 1 is 0.327 bits per heavy atom. The molecule has 0 radical (unpaired) electrons. The maximum absolute atomic E-state index is 6.69. The van der Waals surface area contributed by atoms with Crippen molar-refractivity contribution >= 4 is 74.3 Å². The molecule has 0 amide bonds. The third kappa shape index (κ3) is 8.54. The minimum absolute atomic E-state index is 0.130. The molecule has 6 rings (SSSR count). The molecule has 0 N–H and O–H groups in total. The van der Waals surface area contributed by atoms with Gasteiger partial charge in [-0.1, -0.05) is 98.7 Å². The van der Waals surface area contributed by atoms with Crippen molar-refractivity contribution in [2.75, 3.05) is 4.90 Å². The molecule has 0 fully saturated rings. The van der Waals surface area contributed by atoms with Crippen LogP contribution >= 0.6 is 0 Å². The first-order valence-corrected chi connectivity index (χ1v) is 28.5. The summed E-state index contributed by atoms with van der Waals surface area (Å²) in [4.78, 5) is 2.37. The van der Waals surface area contributed by atoms with E-state index in [-0.39, 0.29) is 15.1 Å². The van der Waals surface area contributed by atoms with Crippen molar-refractivity contribution in [1.29, 1.82) is 0 Å². The van der Waals surface area contributed by atoms with Crippen molar-refractivity contribution in [3.63, 3.8) is 0 Å². The fraction of sp³-hybridized carbons (Fsp3) is 0.375. The molecule has 0 aromatic heterocycles. The van der Waals surface area contributed by atoms with Crippen LogP contribution in [0.1, 0.15) is 62.3 Å². The normalized spacial score (nSPS) is 13.4. The summed E-state index contributed by atoms with van der Waals surface area (Å²) in [6, 6.07) is 39.9. The lowest BCUT2D eigenvalue weighted by atomic mass is 10.0. The van der Waals surface area contributed by atoms with Gasteiger partial charge in [0.1, 0.15) is 17.2 Å². The van der Waals surface area contributed by atoms with Crippen LogP contribution < -0.4 is 18.2 Å². The quantitative estimate of drug-likeness (QED) is 0.137. The van der Waals surface area contributed by atoms with Gasteiger partial charge in [0.2, 0.25) is 25.0 Å². The van der Waals surface area contributed by atoms with E-state index in [1.54, 1.807) is 0 Å². The van der Waals surface area contributed by atoms with Crippen LogP contribution in [0.15, 0.2) is 109 Å². The Morgan fingerprint density at radius 2 is 0.545 bits per heavy atom.